The molecule has 1 aliphatic heterocycles. The summed E-state index contributed by atoms with van der Waals surface area (Å²) < 4.78 is 5.87. The fraction of sp³-hybridized carbons (Fsp3) is 0.344. The average molecular weight is 524 g/mol. The van der Waals surface area contributed by atoms with Crippen molar-refractivity contribution >= 4 is 19.9 Å². The lowest BCUT2D eigenvalue weighted by Gasteiger charge is -2.34. The summed E-state index contributed by atoms with van der Waals surface area (Å²) in [6.07, 6.45) is -0.227. The lowest BCUT2D eigenvalue weighted by Crippen LogP contribution is -2.48. The van der Waals surface area contributed by atoms with Crippen LogP contribution in [0.2, 0.25) is 19.6 Å². The third-order valence-corrected chi connectivity index (χ3v) is 8.33. The van der Waals surface area contributed by atoms with E-state index in [9.17, 15) is 4.79 Å². The van der Waals surface area contributed by atoms with Gasteiger partial charge in [0.05, 0.1) is 0 Å². The second kappa shape index (κ2) is 10.7. The van der Waals surface area contributed by atoms with Crippen molar-refractivity contribution in [3.05, 3.63) is 88.5 Å². The highest BCUT2D eigenvalue weighted by atomic mass is 28.3. The molecular weight excluding hydrogens is 486 g/mol. The minimum absolute atomic E-state index is 0.0814. The van der Waals surface area contributed by atoms with Gasteiger partial charge >= 0.3 is 6.09 Å². The van der Waals surface area contributed by atoms with Crippen molar-refractivity contribution in [3.63, 3.8) is 0 Å². The SMILES string of the molecule is Cc1c(N)cc(CN2CCN(C(=O)OCC3c4ccccc4-c4ccccc43)CC2)cc1C#C[Si](C)(C)C. The summed E-state index contributed by atoms with van der Waals surface area (Å²) in [6.45, 7) is 12.8. The van der Waals surface area contributed by atoms with Crippen LogP contribution in [0.5, 0.6) is 0 Å². The summed E-state index contributed by atoms with van der Waals surface area (Å²) in [6, 6.07) is 21.1. The van der Waals surface area contributed by atoms with Gasteiger partial charge in [0.1, 0.15) is 14.7 Å². The first-order valence-corrected chi connectivity index (χ1v) is 16.9. The Morgan fingerprint density at radius 1 is 0.974 bits per heavy atom. The van der Waals surface area contributed by atoms with E-state index >= 15 is 0 Å². The average Bonchev–Trinajstić information content (AvgIpc) is 3.22. The maximum absolute atomic E-state index is 13.0. The third kappa shape index (κ3) is 5.64. The third-order valence-electron chi connectivity index (χ3n) is 7.45. The van der Waals surface area contributed by atoms with E-state index in [4.69, 9.17) is 10.5 Å². The molecule has 38 heavy (non-hydrogen) atoms. The molecule has 196 valence electrons. The predicted molar refractivity (Wildman–Crippen MR) is 158 cm³/mol. The molecule has 1 amide bonds. The van der Waals surface area contributed by atoms with Gasteiger partial charge < -0.3 is 15.4 Å². The molecule has 1 fully saturated rings. The Morgan fingerprint density at radius 2 is 1.58 bits per heavy atom. The van der Waals surface area contributed by atoms with Crippen molar-refractivity contribution in [1.82, 2.24) is 9.80 Å². The molecule has 0 bridgehead atoms. The zero-order valence-corrected chi connectivity index (χ0v) is 23.9. The second-order valence-corrected chi connectivity index (χ2v) is 16.2. The normalized spacial score (nSPS) is 15.4. The number of nitrogens with zero attached hydrogens (tertiary/aromatic N) is 2. The van der Waals surface area contributed by atoms with Crippen molar-refractivity contribution in [1.29, 1.82) is 0 Å². The Morgan fingerprint density at radius 3 is 2.18 bits per heavy atom. The van der Waals surface area contributed by atoms with Gasteiger partial charge in [0.15, 0.2) is 0 Å². The molecule has 0 unspecified atom stereocenters. The van der Waals surface area contributed by atoms with Crippen LogP contribution in [0.15, 0.2) is 60.7 Å². The molecule has 3 aromatic carbocycles. The first-order chi connectivity index (χ1) is 18.2. The van der Waals surface area contributed by atoms with E-state index in [2.05, 4.69) is 96.7 Å². The van der Waals surface area contributed by atoms with E-state index in [0.29, 0.717) is 19.7 Å². The van der Waals surface area contributed by atoms with Crippen molar-refractivity contribution in [2.45, 2.75) is 39.0 Å². The summed E-state index contributed by atoms with van der Waals surface area (Å²) in [5, 5.41) is 0. The first-order valence-electron chi connectivity index (χ1n) is 13.4. The molecule has 3 aromatic rings. The minimum atomic E-state index is -1.47. The fourth-order valence-corrected chi connectivity index (χ4v) is 5.82. The number of nitrogens with two attached hydrogens (primary N) is 1. The summed E-state index contributed by atoms with van der Waals surface area (Å²) in [5.74, 6) is 3.47. The zero-order chi connectivity index (χ0) is 26.9. The van der Waals surface area contributed by atoms with E-state index in [0.717, 1.165) is 36.4 Å². The number of benzene rings is 3. The highest BCUT2D eigenvalue weighted by Gasteiger charge is 2.30. The fourth-order valence-electron chi connectivity index (χ4n) is 5.31. The first kappa shape index (κ1) is 26.1. The lowest BCUT2D eigenvalue weighted by molar-refractivity contribution is 0.0728. The Labute approximate surface area is 227 Å². The molecule has 2 aliphatic rings. The number of hydrogen-bond donors (Lipinski definition) is 1. The highest BCUT2D eigenvalue weighted by Crippen LogP contribution is 2.44. The number of fused-ring (bicyclic) bond motifs is 3. The Kier molecular flexibility index (Phi) is 7.33. The maximum atomic E-state index is 13.0. The van der Waals surface area contributed by atoms with Crippen LogP contribution >= 0.6 is 0 Å². The van der Waals surface area contributed by atoms with Crippen molar-refractivity contribution in [2.75, 3.05) is 38.5 Å². The number of carbonyl (C=O) groups is 1. The Bertz CT molecular complexity index is 1360. The van der Waals surface area contributed by atoms with Gasteiger partial charge in [0.2, 0.25) is 0 Å². The van der Waals surface area contributed by atoms with Crippen LogP contribution in [-0.4, -0.2) is 56.8 Å². The molecule has 5 nitrogen and oxygen atoms in total. The number of piperazine rings is 1. The molecule has 1 saturated heterocycles. The van der Waals surface area contributed by atoms with Gasteiger partial charge in [-0.3, -0.25) is 4.90 Å². The van der Waals surface area contributed by atoms with E-state index < -0.39 is 8.07 Å². The number of carbonyl (C=O) groups excluding carboxylic acids is 1. The van der Waals surface area contributed by atoms with E-state index in [1.165, 1.54) is 27.8 Å². The molecule has 6 heteroatoms. The van der Waals surface area contributed by atoms with E-state index in [1.807, 2.05) is 11.8 Å². The van der Waals surface area contributed by atoms with Crippen LogP contribution in [0.4, 0.5) is 10.5 Å². The summed E-state index contributed by atoms with van der Waals surface area (Å²) >= 11 is 0. The topological polar surface area (TPSA) is 58.8 Å². The predicted octanol–water partition coefficient (Wildman–Crippen LogP) is 5.87. The van der Waals surface area contributed by atoms with E-state index in [1.54, 1.807) is 0 Å². The number of amides is 1. The Hall–Kier alpha value is -3.53. The monoisotopic (exact) mass is 523 g/mol. The molecule has 1 aliphatic carbocycles. The molecule has 0 spiro atoms. The highest BCUT2D eigenvalue weighted by molar-refractivity contribution is 6.83. The molecule has 0 saturated carbocycles. The number of anilines is 1. The number of hydrogen-bond acceptors (Lipinski definition) is 4. The minimum Gasteiger partial charge on any atom is -0.448 e. The molecule has 2 N–H and O–H groups in total. The van der Waals surface area contributed by atoms with Gasteiger partial charge in [-0.1, -0.05) is 74.1 Å². The van der Waals surface area contributed by atoms with Crippen molar-refractivity contribution in [2.24, 2.45) is 0 Å². The number of nitrogen functional groups attached to an aromatic ring is 1. The maximum Gasteiger partial charge on any atom is 0.409 e. The number of ether oxygens (including phenoxy) is 1. The molecule has 0 atom stereocenters. The van der Waals surface area contributed by atoms with Gasteiger partial charge in [-0.05, 0) is 52.4 Å². The molecular formula is C32H37N3O2Si. The quantitative estimate of drug-likeness (QED) is 0.264. The van der Waals surface area contributed by atoms with Crippen LogP contribution < -0.4 is 5.73 Å². The van der Waals surface area contributed by atoms with Crippen molar-refractivity contribution < 1.29 is 9.53 Å². The molecule has 0 radical (unpaired) electrons. The van der Waals surface area contributed by atoms with Gasteiger partial charge in [0.25, 0.3) is 0 Å². The lowest BCUT2D eigenvalue weighted by atomic mass is 9.98. The second-order valence-electron chi connectivity index (χ2n) is 11.4. The van der Waals surface area contributed by atoms with Crippen LogP contribution in [0.3, 0.4) is 0 Å². The molecule has 0 aromatic heterocycles. The Balaban J connectivity index is 1.17. The standard InChI is InChI=1S/C32H37N3O2Si/c1-23-25(13-18-38(2,3)4)19-24(20-31(23)33)21-34-14-16-35(17-15-34)32(36)37-22-30-28-11-7-5-9-26(28)27-10-6-8-12-29(27)30/h5-12,19-20,30H,14-17,21-22,33H2,1-4H3. The van der Waals surface area contributed by atoms with Crippen molar-refractivity contribution in [3.8, 4) is 22.6 Å². The summed E-state index contributed by atoms with van der Waals surface area (Å²) in [5.41, 5.74) is 18.8. The van der Waals surface area contributed by atoms with Crippen LogP contribution in [0.25, 0.3) is 11.1 Å². The molecule has 1 heterocycles. The van der Waals surface area contributed by atoms with Gasteiger partial charge in [-0.15, -0.1) is 5.54 Å². The summed E-state index contributed by atoms with van der Waals surface area (Å²) in [4.78, 5) is 17.2. The van der Waals surface area contributed by atoms with Gasteiger partial charge in [-0.2, -0.15) is 0 Å². The molecule has 5 rings (SSSR count). The van der Waals surface area contributed by atoms with Crippen LogP contribution in [0, 0.1) is 18.4 Å². The van der Waals surface area contributed by atoms with Crippen LogP contribution in [-0.2, 0) is 11.3 Å². The summed E-state index contributed by atoms with van der Waals surface area (Å²) in [7, 11) is -1.47. The van der Waals surface area contributed by atoms with E-state index in [-0.39, 0.29) is 12.0 Å². The van der Waals surface area contributed by atoms with Gasteiger partial charge in [0, 0.05) is 49.9 Å². The van der Waals surface area contributed by atoms with Gasteiger partial charge in [-0.25, -0.2) is 4.79 Å². The largest absolute Gasteiger partial charge is 0.448 e. The zero-order valence-electron chi connectivity index (χ0n) is 22.9. The van der Waals surface area contributed by atoms with Crippen LogP contribution in [0.1, 0.15) is 33.7 Å². The number of rotatable bonds is 4. The smallest absolute Gasteiger partial charge is 0.409 e.